The van der Waals surface area contributed by atoms with Gasteiger partial charge in [0, 0.05) is 25.9 Å². The van der Waals surface area contributed by atoms with E-state index in [2.05, 4.69) is 16.0 Å². The molecule has 3 atom stereocenters. The molecule has 1 fully saturated rings. The van der Waals surface area contributed by atoms with Crippen molar-refractivity contribution in [3.8, 4) is 0 Å². The second-order valence-corrected chi connectivity index (χ2v) is 8.11. The van der Waals surface area contributed by atoms with E-state index < -0.39 is 29.9 Å². The molecule has 9 nitrogen and oxygen atoms in total. The van der Waals surface area contributed by atoms with E-state index in [1.807, 2.05) is 12.2 Å². The highest BCUT2D eigenvalue weighted by Gasteiger charge is 2.26. The minimum Gasteiger partial charge on any atom is -0.479 e. The van der Waals surface area contributed by atoms with Gasteiger partial charge in [0.05, 0.1) is 0 Å². The lowest BCUT2D eigenvalue weighted by molar-refractivity contribution is -0.140. The van der Waals surface area contributed by atoms with Crippen LogP contribution in [0, 0.1) is 0 Å². The van der Waals surface area contributed by atoms with Gasteiger partial charge in [-0.05, 0) is 50.2 Å². The molecule has 0 radical (unpaired) electrons. The molecule has 9 heteroatoms. The number of nitrogens with one attached hydrogen (secondary N) is 3. The first-order valence-electron chi connectivity index (χ1n) is 10.6. The van der Waals surface area contributed by atoms with Crippen molar-refractivity contribution in [2.24, 2.45) is 5.73 Å². The molecule has 0 aromatic rings. The second kappa shape index (κ2) is 11.5. The fraction of sp³-hybridized carbons (Fsp3) is 0.545. The fourth-order valence-corrected chi connectivity index (χ4v) is 3.76. The first-order valence-corrected chi connectivity index (χ1v) is 10.6. The number of aliphatic carboxylic acids is 1. The summed E-state index contributed by atoms with van der Waals surface area (Å²) in [7, 11) is 0. The van der Waals surface area contributed by atoms with Crippen LogP contribution in [0.25, 0.3) is 0 Å². The quantitative estimate of drug-likeness (QED) is 0.373. The number of allylic oxidation sites excluding steroid dienone is 3. The Kier molecular flexibility index (Phi) is 8.99. The SMILES string of the molecule is CC(=O)NC1CCC(=C[C@@H](NC(=O)[C@H](/C=C2\C=C[C@@H](N)CC2)NC(C)=O)C(=O)O)CC1. The molecule has 2 rings (SSSR count). The standard InChI is InChI=1S/C22H32N4O5/c1-13(27)24-18-9-5-16(6-10-18)12-20(22(30)31)26-21(29)19(25-14(2)28)11-15-3-7-17(23)8-4-15/h3,7,11-12,17-20H,4-6,8-10,23H2,1-2H3,(H,24,27)(H,25,28)(H,26,29)(H,30,31)/b15-11+,16-12?/t17-,18?,19+,20-/m1/s1. The van der Waals surface area contributed by atoms with Gasteiger partial charge < -0.3 is 26.8 Å². The van der Waals surface area contributed by atoms with Gasteiger partial charge in [0.2, 0.25) is 17.7 Å². The highest BCUT2D eigenvalue weighted by atomic mass is 16.4. The zero-order valence-electron chi connectivity index (χ0n) is 18.0. The molecule has 31 heavy (non-hydrogen) atoms. The molecule has 2 aliphatic carbocycles. The molecule has 0 aromatic carbocycles. The van der Waals surface area contributed by atoms with Crippen LogP contribution >= 0.6 is 0 Å². The largest absolute Gasteiger partial charge is 0.479 e. The maximum Gasteiger partial charge on any atom is 0.330 e. The molecule has 0 bridgehead atoms. The second-order valence-electron chi connectivity index (χ2n) is 8.11. The molecule has 0 aliphatic heterocycles. The Morgan fingerprint density at radius 1 is 1.00 bits per heavy atom. The van der Waals surface area contributed by atoms with Crippen LogP contribution in [0.15, 0.2) is 35.5 Å². The molecule has 0 saturated heterocycles. The number of hydrogen-bond acceptors (Lipinski definition) is 5. The van der Waals surface area contributed by atoms with E-state index in [9.17, 15) is 24.3 Å². The number of hydrogen-bond donors (Lipinski definition) is 5. The molecule has 0 heterocycles. The Morgan fingerprint density at radius 3 is 2.19 bits per heavy atom. The zero-order valence-corrected chi connectivity index (χ0v) is 18.0. The summed E-state index contributed by atoms with van der Waals surface area (Å²) in [5.41, 5.74) is 7.62. The van der Waals surface area contributed by atoms with Gasteiger partial charge in [0.25, 0.3) is 0 Å². The minimum absolute atomic E-state index is 0.0334. The number of carboxylic acids is 1. The summed E-state index contributed by atoms with van der Waals surface area (Å²) in [5, 5.41) is 17.5. The van der Waals surface area contributed by atoms with E-state index in [0.717, 1.165) is 30.4 Å². The third-order valence-corrected chi connectivity index (χ3v) is 5.35. The van der Waals surface area contributed by atoms with E-state index in [0.29, 0.717) is 19.3 Å². The van der Waals surface area contributed by atoms with Gasteiger partial charge >= 0.3 is 5.97 Å². The lowest BCUT2D eigenvalue weighted by Gasteiger charge is -2.25. The number of amides is 3. The van der Waals surface area contributed by atoms with Crippen molar-refractivity contribution in [1.29, 1.82) is 0 Å². The number of carbonyl (C=O) groups is 4. The van der Waals surface area contributed by atoms with Crippen LogP contribution in [0.5, 0.6) is 0 Å². The van der Waals surface area contributed by atoms with Crippen molar-refractivity contribution in [2.75, 3.05) is 0 Å². The van der Waals surface area contributed by atoms with E-state index in [1.165, 1.54) is 13.8 Å². The summed E-state index contributed by atoms with van der Waals surface area (Å²) in [4.78, 5) is 47.3. The molecule has 2 aliphatic rings. The lowest BCUT2D eigenvalue weighted by atomic mass is 9.89. The van der Waals surface area contributed by atoms with Crippen molar-refractivity contribution in [2.45, 2.75) is 76.5 Å². The van der Waals surface area contributed by atoms with Gasteiger partial charge in [0.1, 0.15) is 12.1 Å². The maximum atomic E-state index is 12.8. The normalized spacial score (nSPS) is 24.1. The van der Waals surface area contributed by atoms with Gasteiger partial charge in [-0.15, -0.1) is 0 Å². The smallest absolute Gasteiger partial charge is 0.330 e. The summed E-state index contributed by atoms with van der Waals surface area (Å²) in [6.45, 7) is 2.77. The van der Waals surface area contributed by atoms with Gasteiger partial charge in [-0.2, -0.15) is 0 Å². The topological polar surface area (TPSA) is 151 Å². The molecule has 0 aromatic heterocycles. The van der Waals surface area contributed by atoms with Crippen LogP contribution in [0.1, 0.15) is 52.4 Å². The molecular weight excluding hydrogens is 400 g/mol. The Labute approximate surface area is 182 Å². The van der Waals surface area contributed by atoms with Crippen LogP contribution in [-0.4, -0.2) is 53.0 Å². The average molecular weight is 433 g/mol. The molecule has 1 saturated carbocycles. The van der Waals surface area contributed by atoms with Crippen molar-refractivity contribution in [3.05, 3.63) is 35.5 Å². The van der Waals surface area contributed by atoms with Crippen molar-refractivity contribution >= 4 is 23.7 Å². The molecule has 3 amide bonds. The summed E-state index contributed by atoms with van der Waals surface area (Å²) >= 11 is 0. The maximum absolute atomic E-state index is 12.8. The number of carbonyl (C=O) groups excluding carboxylic acids is 3. The fourth-order valence-electron chi connectivity index (χ4n) is 3.76. The highest BCUT2D eigenvalue weighted by molar-refractivity contribution is 5.92. The Hall–Kier alpha value is -2.94. The van der Waals surface area contributed by atoms with E-state index >= 15 is 0 Å². The van der Waals surface area contributed by atoms with Gasteiger partial charge in [-0.1, -0.05) is 23.8 Å². The molecule has 0 spiro atoms. The Balaban J connectivity index is 2.07. The average Bonchev–Trinajstić information content (AvgIpc) is 2.69. The highest BCUT2D eigenvalue weighted by Crippen LogP contribution is 2.24. The monoisotopic (exact) mass is 432 g/mol. The molecular formula is C22H32N4O5. The number of nitrogens with two attached hydrogens (primary N) is 1. The molecule has 170 valence electrons. The van der Waals surface area contributed by atoms with Crippen LogP contribution in [-0.2, 0) is 19.2 Å². The van der Waals surface area contributed by atoms with Crippen molar-refractivity contribution in [1.82, 2.24) is 16.0 Å². The van der Waals surface area contributed by atoms with Crippen molar-refractivity contribution < 1.29 is 24.3 Å². The zero-order chi connectivity index (χ0) is 23.0. The van der Waals surface area contributed by atoms with Crippen LogP contribution in [0.3, 0.4) is 0 Å². The Morgan fingerprint density at radius 2 is 1.68 bits per heavy atom. The molecule has 6 N–H and O–H groups in total. The predicted octanol–water partition coefficient (Wildman–Crippen LogP) is 0.669. The molecule has 0 unspecified atom stereocenters. The summed E-state index contributed by atoms with van der Waals surface area (Å²) in [6, 6.07) is -2.14. The van der Waals surface area contributed by atoms with E-state index in [4.69, 9.17) is 5.73 Å². The third kappa shape index (κ3) is 8.37. The summed E-state index contributed by atoms with van der Waals surface area (Å²) in [6.07, 6.45) is 11.0. The number of carboxylic acid groups (broad SMARTS) is 1. The first-order chi connectivity index (χ1) is 14.6. The first kappa shape index (κ1) is 24.3. The summed E-state index contributed by atoms with van der Waals surface area (Å²) in [5.74, 6) is -2.25. The Bertz CT molecular complexity index is 792. The lowest BCUT2D eigenvalue weighted by Crippen LogP contribution is -2.50. The van der Waals surface area contributed by atoms with Crippen molar-refractivity contribution in [3.63, 3.8) is 0 Å². The predicted molar refractivity (Wildman–Crippen MR) is 116 cm³/mol. The van der Waals surface area contributed by atoms with Crippen LogP contribution < -0.4 is 21.7 Å². The van der Waals surface area contributed by atoms with E-state index in [-0.39, 0.29) is 18.0 Å². The number of rotatable bonds is 7. The van der Waals surface area contributed by atoms with E-state index in [1.54, 1.807) is 12.2 Å². The van der Waals surface area contributed by atoms with Crippen LogP contribution in [0.4, 0.5) is 0 Å². The van der Waals surface area contributed by atoms with Gasteiger partial charge in [-0.3, -0.25) is 14.4 Å². The van der Waals surface area contributed by atoms with Gasteiger partial charge in [0.15, 0.2) is 0 Å². The van der Waals surface area contributed by atoms with Crippen LogP contribution in [0.2, 0.25) is 0 Å². The summed E-state index contributed by atoms with van der Waals surface area (Å²) < 4.78 is 0. The van der Waals surface area contributed by atoms with Gasteiger partial charge in [-0.25, -0.2) is 4.79 Å². The minimum atomic E-state index is -1.20. The third-order valence-electron chi connectivity index (χ3n) is 5.35.